The fraction of sp³-hybridized carbons (Fsp3) is 0.167. The Hall–Kier alpha value is -2.67. The number of aromatic nitrogens is 2. The first-order chi connectivity index (χ1) is 12.0. The first-order valence-electron chi connectivity index (χ1n) is 7.80. The van der Waals surface area contributed by atoms with Crippen molar-refractivity contribution in [3.63, 3.8) is 0 Å². The van der Waals surface area contributed by atoms with Crippen LogP contribution in [0.3, 0.4) is 0 Å². The van der Waals surface area contributed by atoms with Crippen molar-refractivity contribution in [2.45, 2.75) is 20.4 Å². The van der Waals surface area contributed by atoms with Gasteiger partial charge in [-0.25, -0.2) is 10.4 Å². The number of nitrogens with zero attached hydrogens (tertiary/aromatic N) is 3. The van der Waals surface area contributed by atoms with Crippen LogP contribution in [-0.4, -0.2) is 20.4 Å². The molecule has 6 nitrogen and oxygen atoms in total. The van der Waals surface area contributed by atoms with Crippen LogP contribution in [0.1, 0.15) is 19.4 Å². The number of anilines is 1. The van der Waals surface area contributed by atoms with Gasteiger partial charge in [0.2, 0.25) is 5.95 Å². The quantitative estimate of drug-likeness (QED) is 0.516. The maximum Gasteiger partial charge on any atom is 0.262 e. The highest BCUT2D eigenvalue weighted by Gasteiger charge is 2.10. The maximum absolute atomic E-state index is 12.6. The van der Waals surface area contributed by atoms with E-state index in [4.69, 9.17) is 0 Å². The van der Waals surface area contributed by atoms with Gasteiger partial charge >= 0.3 is 0 Å². The van der Waals surface area contributed by atoms with Gasteiger partial charge in [-0.15, -0.1) is 0 Å². The molecule has 3 rings (SSSR count). The summed E-state index contributed by atoms with van der Waals surface area (Å²) in [5.74, 6) is 0.491. The third-order valence-corrected chi connectivity index (χ3v) is 4.34. The number of phenols is 1. The molecule has 0 saturated heterocycles. The first-order valence-corrected chi connectivity index (χ1v) is 8.59. The van der Waals surface area contributed by atoms with Crippen LogP contribution >= 0.6 is 15.9 Å². The monoisotopic (exact) mass is 400 g/mol. The molecular weight excluding hydrogens is 384 g/mol. The van der Waals surface area contributed by atoms with Crippen molar-refractivity contribution in [1.29, 1.82) is 0 Å². The third kappa shape index (κ3) is 3.41. The van der Waals surface area contributed by atoms with Gasteiger partial charge in [0, 0.05) is 16.6 Å². The zero-order valence-electron chi connectivity index (χ0n) is 13.8. The number of hydrogen-bond donors (Lipinski definition) is 2. The van der Waals surface area contributed by atoms with Crippen LogP contribution < -0.4 is 11.0 Å². The predicted molar refractivity (Wildman–Crippen MR) is 103 cm³/mol. The van der Waals surface area contributed by atoms with Crippen LogP contribution in [0.5, 0.6) is 5.75 Å². The number of phenolic OH excluding ortho intramolecular Hbond substituents is 1. The second-order valence-electron chi connectivity index (χ2n) is 5.47. The van der Waals surface area contributed by atoms with E-state index in [2.05, 4.69) is 31.4 Å². The minimum atomic E-state index is -0.117. The summed E-state index contributed by atoms with van der Waals surface area (Å²) in [6, 6.07) is 12.3. The van der Waals surface area contributed by atoms with Crippen molar-refractivity contribution in [2.24, 2.45) is 5.10 Å². The number of benzene rings is 2. The predicted octanol–water partition coefficient (Wildman–Crippen LogP) is 3.72. The minimum absolute atomic E-state index is 0.117. The molecule has 0 amide bonds. The number of hydrogen-bond acceptors (Lipinski definition) is 5. The van der Waals surface area contributed by atoms with Gasteiger partial charge in [0.05, 0.1) is 16.6 Å². The van der Waals surface area contributed by atoms with Gasteiger partial charge in [-0.1, -0.05) is 28.1 Å². The summed E-state index contributed by atoms with van der Waals surface area (Å²) in [4.78, 5) is 17.1. The molecule has 0 aliphatic rings. The fourth-order valence-electron chi connectivity index (χ4n) is 2.54. The molecule has 25 heavy (non-hydrogen) atoms. The second kappa shape index (κ2) is 7.06. The number of fused-ring (bicyclic) bond motifs is 1. The molecule has 0 saturated carbocycles. The number of para-hydroxylation sites is 1. The lowest BCUT2D eigenvalue weighted by atomic mass is 10.1. The van der Waals surface area contributed by atoms with E-state index in [9.17, 15) is 9.90 Å². The summed E-state index contributed by atoms with van der Waals surface area (Å²) in [6.45, 7) is 4.11. The molecule has 0 unspecified atom stereocenters. The third-order valence-electron chi connectivity index (χ3n) is 3.85. The number of halogens is 1. The zero-order chi connectivity index (χ0) is 18.0. The Morgan fingerprint density at radius 3 is 2.84 bits per heavy atom. The van der Waals surface area contributed by atoms with Gasteiger partial charge < -0.3 is 5.11 Å². The smallest absolute Gasteiger partial charge is 0.262 e. The molecule has 2 aromatic carbocycles. The molecule has 7 heteroatoms. The summed E-state index contributed by atoms with van der Waals surface area (Å²) in [6.07, 6.45) is 0. The van der Waals surface area contributed by atoms with Crippen LogP contribution in [0, 0.1) is 0 Å². The molecule has 0 atom stereocenters. The van der Waals surface area contributed by atoms with Gasteiger partial charge in [0.25, 0.3) is 5.56 Å². The first kappa shape index (κ1) is 17.2. The Morgan fingerprint density at radius 1 is 1.32 bits per heavy atom. The van der Waals surface area contributed by atoms with E-state index >= 15 is 0 Å². The number of hydrazone groups is 1. The van der Waals surface area contributed by atoms with Crippen LogP contribution in [0.4, 0.5) is 5.95 Å². The molecule has 0 spiro atoms. The average Bonchev–Trinajstić information content (AvgIpc) is 2.62. The van der Waals surface area contributed by atoms with E-state index in [1.54, 1.807) is 37.3 Å². The molecule has 1 aromatic heterocycles. The molecular formula is C18H17BrN4O2. The SMILES string of the molecule is CCn1c(N/N=C(\C)c2cc(Br)ccc2O)nc2ccccc2c1=O. The highest BCUT2D eigenvalue weighted by molar-refractivity contribution is 9.10. The van der Waals surface area contributed by atoms with Crippen molar-refractivity contribution < 1.29 is 5.11 Å². The van der Waals surface area contributed by atoms with E-state index in [1.807, 2.05) is 19.1 Å². The Balaban J connectivity index is 2.03. The largest absolute Gasteiger partial charge is 0.507 e. The Bertz CT molecular complexity index is 1030. The van der Waals surface area contributed by atoms with E-state index < -0.39 is 0 Å². The molecule has 0 aliphatic carbocycles. The standard InChI is InChI=1S/C18H17BrN4O2/c1-3-23-17(25)13-6-4-5-7-15(13)20-18(23)22-21-11(2)14-10-12(19)8-9-16(14)24/h4-10,24H,3H2,1-2H3,(H,20,22)/b21-11+. The Labute approximate surface area is 153 Å². The molecule has 1 heterocycles. The van der Waals surface area contributed by atoms with Gasteiger partial charge in [-0.3, -0.25) is 9.36 Å². The lowest BCUT2D eigenvalue weighted by Gasteiger charge is -2.11. The molecule has 0 aliphatic heterocycles. The topological polar surface area (TPSA) is 79.5 Å². The number of aromatic hydroxyl groups is 1. The maximum atomic E-state index is 12.6. The van der Waals surface area contributed by atoms with Crippen molar-refractivity contribution in [3.8, 4) is 5.75 Å². The Morgan fingerprint density at radius 2 is 2.08 bits per heavy atom. The minimum Gasteiger partial charge on any atom is -0.507 e. The summed E-state index contributed by atoms with van der Waals surface area (Å²) < 4.78 is 2.36. The Kier molecular flexibility index (Phi) is 4.85. The van der Waals surface area contributed by atoms with Crippen molar-refractivity contribution in [2.75, 3.05) is 5.43 Å². The summed E-state index contributed by atoms with van der Waals surface area (Å²) >= 11 is 3.38. The normalized spacial score (nSPS) is 11.7. The van der Waals surface area contributed by atoms with Crippen molar-refractivity contribution >= 4 is 38.5 Å². The van der Waals surface area contributed by atoms with Crippen molar-refractivity contribution in [3.05, 3.63) is 62.9 Å². The lowest BCUT2D eigenvalue weighted by Crippen LogP contribution is -2.23. The second-order valence-corrected chi connectivity index (χ2v) is 6.39. The van der Waals surface area contributed by atoms with E-state index in [0.717, 1.165) is 4.47 Å². The van der Waals surface area contributed by atoms with E-state index in [-0.39, 0.29) is 11.3 Å². The van der Waals surface area contributed by atoms with Crippen LogP contribution in [0.2, 0.25) is 0 Å². The zero-order valence-corrected chi connectivity index (χ0v) is 15.4. The van der Waals surface area contributed by atoms with Crippen molar-refractivity contribution in [1.82, 2.24) is 9.55 Å². The molecule has 128 valence electrons. The van der Waals surface area contributed by atoms with Gasteiger partial charge in [0.1, 0.15) is 5.75 Å². The van der Waals surface area contributed by atoms with Gasteiger partial charge in [0.15, 0.2) is 0 Å². The molecule has 0 bridgehead atoms. The highest BCUT2D eigenvalue weighted by Crippen LogP contribution is 2.22. The van der Waals surface area contributed by atoms with Crippen LogP contribution in [0.25, 0.3) is 10.9 Å². The molecule has 0 radical (unpaired) electrons. The molecule has 0 fully saturated rings. The van der Waals surface area contributed by atoms with Crippen LogP contribution in [-0.2, 0) is 6.54 Å². The van der Waals surface area contributed by atoms with E-state index in [1.165, 1.54) is 4.57 Å². The number of rotatable bonds is 4. The fourth-order valence-corrected chi connectivity index (χ4v) is 2.90. The molecule has 3 aromatic rings. The lowest BCUT2D eigenvalue weighted by molar-refractivity contribution is 0.474. The molecule has 2 N–H and O–H groups in total. The summed E-state index contributed by atoms with van der Waals surface area (Å²) in [5.41, 5.74) is 4.51. The summed E-state index contributed by atoms with van der Waals surface area (Å²) in [5, 5.41) is 14.8. The van der Waals surface area contributed by atoms with Gasteiger partial charge in [-0.05, 0) is 44.2 Å². The van der Waals surface area contributed by atoms with Gasteiger partial charge in [-0.2, -0.15) is 5.10 Å². The highest BCUT2D eigenvalue weighted by atomic mass is 79.9. The number of nitrogens with one attached hydrogen (secondary N) is 1. The van der Waals surface area contributed by atoms with E-state index in [0.29, 0.717) is 34.7 Å². The van der Waals surface area contributed by atoms with Crippen LogP contribution in [0.15, 0.2) is 56.8 Å². The average molecular weight is 401 g/mol. The summed E-state index contributed by atoms with van der Waals surface area (Å²) in [7, 11) is 0.